The third-order valence-electron chi connectivity index (χ3n) is 10.8. The Morgan fingerprint density at radius 3 is 2.11 bits per heavy atom. The van der Waals surface area contributed by atoms with Gasteiger partial charge in [0.2, 0.25) is 5.69 Å². The molecule has 3 aromatic rings. The van der Waals surface area contributed by atoms with Crippen molar-refractivity contribution in [2.75, 3.05) is 29.5 Å². The number of halogens is 1. The van der Waals surface area contributed by atoms with Gasteiger partial charge in [-0.3, -0.25) is 9.11 Å². The fraction of sp³-hybridized carbons (Fsp3) is 0.349. The van der Waals surface area contributed by atoms with Crippen molar-refractivity contribution in [2.24, 2.45) is 0 Å². The molecule has 2 heterocycles. The molecule has 0 fully saturated rings. The number of thioether (sulfide) groups is 1. The number of allylic oxidation sites excluding steroid dienone is 7. The standard InChI is InChI=1S/C43H48N2O8S3.ClH/c1-42(2)34-14-5-7-16-36(34)44(26-10-28-55(48,49)50)38(42)24-20-30-12-9-13-31(40(30)54-33-22-18-32(19-23-33)41(46)47)21-25-39-43(3,4)35-15-6-8-17-37(35)45(39)27-11-29-56(51,52)53;/h5-8,14-25H,9-13,26-29H2,1-4H3,(H2-,46,47,48,49,50,51,52,53);1H. The van der Waals surface area contributed by atoms with Crippen LogP contribution >= 0.6 is 11.8 Å². The van der Waals surface area contributed by atoms with Gasteiger partial charge in [-0.1, -0.05) is 74.2 Å². The van der Waals surface area contributed by atoms with E-state index in [1.807, 2.05) is 48.5 Å². The molecule has 0 bridgehead atoms. The van der Waals surface area contributed by atoms with Crippen LogP contribution in [0.2, 0.25) is 0 Å². The molecule has 14 heteroatoms. The summed E-state index contributed by atoms with van der Waals surface area (Å²) >= 11 is 1.59. The summed E-state index contributed by atoms with van der Waals surface area (Å²) < 4.78 is 67.6. The summed E-state index contributed by atoms with van der Waals surface area (Å²) in [5.74, 6) is -1.66. The highest BCUT2D eigenvalue weighted by Crippen LogP contribution is 2.49. The van der Waals surface area contributed by atoms with E-state index < -0.39 is 26.2 Å². The average molecular weight is 854 g/mol. The van der Waals surface area contributed by atoms with E-state index in [4.69, 9.17) is 0 Å². The molecule has 0 atom stereocenters. The van der Waals surface area contributed by atoms with E-state index in [1.54, 1.807) is 23.9 Å². The summed E-state index contributed by atoms with van der Waals surface area (Å²) in [6, 6.07) is 23.1. The number of rotatable bonds is 14. The second-order valence-corrected chi connectivity index (χ2v) is 19.7. The van der Waals surface area contributed by atoms with Crippen molar-refractivity contribution in [1.29, 1.82) is 0 Å². The molecule has 0 unspecified atom stereocenters. The summed E-state index contributed by atoms with van der Waals surface area (Å²) in [5, 5.41) is 9.54. The van der Waals surface area contributed by atoms with Crippen molar-refractivity contribution < 1.29 is 52.8 Å². The normalized spacial score (nSPS) is 19.0. The van der Waals surface area contributed by atoms with Crippen molar-refractivity contribution in [3.05, 3.63) is 136 Å². The number of para-hydroxylation sites is 2. The molecular formula is C43H49ClN2O8S3. The number of nitrogens with zero attached hydrogens (tertiary/aromatic N) is 2. The fourth-order valence-corrected chi connectivity index (χ4v) is 10.2. The highest BCUT2D eigenvalue weighted by atomic mass is 35.5. The van der Waals surface area contributed by atoms with Crippen LogP contribution in [-0.4, -0.2) is 71.9 Å². The molecule has 0 aromatic heterocycles. The van der Waals surface area contributed by atoms with E-state index in [0.29, 0.717) is 13.1 Å². The van der Waals surface area contributed by atoms with Crippen molar-refractivity contribution in [3.8, 4) is 0 Å². The van der Waals surface area contributed by atoms with Crippen LogP contribution in [0.1, 0.15) is 81.3 Å². The summed E-state index contributed by atoms with van der Waals surface area (Å²) in [4.78, 5) is 15.7. The smallest absolute Gasteiger partial charge is 0.335 e. The lowest BCUT2D eigenvalue weighted by Gasteiger charge is -2.27. The lowest BCUT2D eigenvalue weighted by atomic mass is 9.81. The maximum atomic E-state index is 11.6. The molecule has 57 heavy (non-hydrogen) atoms. The second-order valence-electron chi connectivity index (χ2n) is 15.5. The monoisotopic (exact) mass is 852 g/mol. The van der Waals surface area contributed by atoms with E-state index >= 15 is 0 Å². The zero-order valence-corrected chi connectivity index (χ0v) is 35.7. The van der Waals surface area contributed by atoms with Crippen LogP contribution in [0.3, 0.4) is 0 Å². The van der Waals surface area contributed by atoms with Gasteiger partial charge in [0.15, 0.2) is 5.71 Å². The Balaban J connectivity index is 0.00000620. The van der Waals surface area contributed by atoms with Crippen molar-refractivity contribution in [3.63, 3.8) is 0 Å². The van der Waals surface area contributed by atoms with Gasteiger partial charge in [-0.15, -0.1) is 0 Å². The maximum absolute atomic E-state index is 11.6. The van der Waals surface area contributed by atoms with Gasteiger partial charge < -0.3 is 22.4 Å². The van der Waals surface area contributed by atoms with Gasteiger partial charge in [0, 0.05) is 57.3 Å². The van der Waals surface area contributed by atoms with Gasteiger partial charge in [-0.2, -0.15) is 21.4 Å². The second kappa shape index (κ2) is 17.5. The molecule has 3 N–H and O–H groups in total. The van der Waals surface area contributed by atoms with Crippen LogP contribution in [0.4, 0.5) is 11.4 Å². The Kier molecular flexibility index (Phi) is 13.5. The molecule has 2 aliphatic heterocycles. The molecule has 10 nitrogen and oxygen atoms in total. The topological polar surface area (TPSA) is 152 Å². The van der Waals surface area contributed by atoms with Crippen molar-refractivity contribution >= 4 is 55.1 Å². The first-order valence-electron chi connectivity index (χ1n) is 18.7. The molecule has 0 spiro atoms. The van der Waals surface area contributed by atoms with Gasteiger partial charge in [0.05, 0.1) is 22.5 Å². The van der Waals surface area contributed by atoms with Crippen LogP contribution in [0.15, 0.2) is 124 Å². The van der Waals surface area contributed by atoms with Gasteiger partial charge in [0.25, 0.3) is 20.2 Å². The molecule has 304 valence electrons. The molecule has 0 saturated heterocycles. The first kappa shape index (κ1) is 44.1. The van der Waals surface area contributed by atoms with Crippen LogP contribution in [0, 0.1) is 0 Å². The molecule has 6 rings (SSSR count). The third-order valence-corrected chi connectivity index (χ3v) is 13.7. The summed E-state index contributed by atoms with van der Waals surface area (Å²) in [5.41, 5.74) is 7.97. The largest absolute Gasteiger partial charge is 1.00 e. The predicted octanol–water partition coefficient (Wildman–Crippen LogP) is 5.72. The Labute approximate surface area is 346 Å². The highest BCUT2D eigenvalue weighted by molar-refractivity contribution is 8.03. The van der Waals surface area contributed by atoms with Crippen LogP contribution in [0.25, 0.3) is 0 Å². The van der Waals surface area contributed by atoms with E-state index in [1.165, 1.54) is 0 Å². The molecule has 3 aliphatic rings. The first-order chi connectivity index (χ1) is 26.4. The number of aromatic carboxylic acids is 1. The predicted molar refractivity (Wildman–Crippen MR) is 224 cm³/mol. The number of carboxylic acids is 1. The first-order valence-corrected chi connectivity index (χ1v) is 22.8. The average Bonchev–Trinajstić information content (AvgIpc) is 3.48. The molecule has 1 aliphatic carbocycles. The number of fused-ring (bicyclic) bond motifs is 2. The molecular weight excluding hydrogens is 804 g/mol. The van der Waals surface area contributed by atoms with Gasteiger partial charge >= 0.3 is 5.97 Å². The Bertz CT molecular complexity index is 2410. The number of hydrogen-bond acceptors (Lipinski definition) is 7. The number of hydrogen-bond donors (Lipinski definition) is 3. The molecule has 0 amide bonds. The van der Waals surface area contributed by atoms with E-state index in [-0.39, 0.29) is 53.1 Å². The minimum absolute atomic E-state index is 0. The van der Waals surface area contributed by atoms with Crippen LogP contribution in [-0.2, 0) is 31.1 Å². The highest BCUT2D eigenvalue weighted by Gasteiger charge is 2.44. The minimum atomic E-state index is -4.11. The van der Waals surface area contributed by atoms with Gasteiger partial charge in [-0.25, -0.2) is 4.79 Å². The van der Waals surface area contributed by atoms with E-state index in [2.05, 4.69) is 73.6 Å². The SMILES string of the molecule is CC1(C)C(/C=C/C2=C(Sc3ccc(C(=O)O)cc3)C(=C/C=C3/N(CCCS(=O)(=O)O)c4ccccc4C3(C)C)/CCC2)=[N+](CCCS(=O)(=O)O)c2ccccc21.[Cl-]. The van der Waals surface area contributed by atoms with Crippen LogP contribution < -0.4 is 17.3 Å². The third kappa shape index (κ3) is 10.0. The lowest BCUT2D eigenvalue weighted by Crippen LogP contribution is -3.00. The minimum Gasteiger partial charge on any atom is -1.00 e. The summed E-state index contributed by atoms with van der Waals surface area (Å²) in [7, 11) is -8.23. The zero-order chi connectivity index (χ0) is 40.5. The number of carbonyl (C=O) groups is 1. The Hall–Kier alpha value is -3.98. The summed E-state index contributed by atoms with van der Waals surface area (Å²) in [6.45, 7) is 9.45. The molecule has 3 aromatic carbocycles. The summed E-state index contributed by atoms with van der Waals surface area (Å²) in [6.07, 6.45) is 11.6. The fourth-order valence-electron chi connectivity index (χ4n) is 8.07. The van der Waals surface area contributed by atoms with Gasteiger partial charge in [-0.05, 0) is 92.6 Å². The Morgan fingerprint density at radius 2 is 1.44 bits per heavy atom. The quantitative estimate of drug-likeness (QED) is 0.136. The molecule has 0 saturated carbocycles. The maximum Gasteiger partial charge on any atom is 0.335 e. The van der Waals surface area contributed by atoms with Crippen LogP contribution in [0.5, 0.6) is 0 Å². The number of carboxylic acid groups (broad SMARTS) is 1. The van der Waals surface area contributed by atoms with E-state index in [9.17, 15) is 35.8 Å². The molecule has 0 radical (unpaired) electrons. The Morgan fingerprint density at radius 1 is 0.807 bits per heavy atom. The number of benzene rings is 3. The van der Waals surface area contributed by atoms with Gasteiger partial charge in [0.1, 0.15) is 6.54 Å². The zero-order valence-electron chi connectivity index (χ0n) is 32.5. The lowest BCUT2D eigenvalue weighted by molar-refractivity contribution is -0.437. The van der Waals surface area contributed by atoms with Crippen molar-refractivity contribution in [2.45, 2.75) is 75.5 Å². The van der Waals surface area contributed by atoms with Crippen molar-refractivity contribution in [1.82, 2.24) is 0 Å². The van der Waals surface area contributed by atoms with E-state index in [0.717, 1.165) is 74.1 Å². The number of anilines is 1.